The van der Waals surface area contributed by atoms with E-state index < -0.39 is 17.8 Å². The summed E-state index contributed by atoms with van der Waals surface area (Å²) in [7, 11) is 0. The van der Waals surface area contributed by atoms with Gasteiger partial charge >= 0.3 is 0 Å². The van der Waals surface area contributed by atoms with Gasteiger partial charge in [-0.15, -0.1) is 0 Å². The van der Waals surface area contributed by atoms with Gasteiger partial charge in [0, 0.05) is 11.8 Å². The van der Waals surface area contributed by atoms with Crippen LogP contribution in [0, 0.1) is 11.8 Å². The van der Waals surface area contributed by atoms with E-state index in [1.165, 1.54) is 0 Å². The Bertz CT molecular complexity index is 97.4. The maximum Gasteiger partial charge on any atom is 0.252 e. The summed E-state index contributed by atoms with van der Waals surface area (Å²) in [5.41, 5.74) is 0. The second-order valence-corrected chi connectivity index (χ2v) is 3.14. The Labute approximate surface area is 61.6 Å². The van der Waals surface area contributed by atoms with E-state index in [1.807, 2.05) is 0 Å². The van der Waals surface area contributed by atoms with E-state index in [9.17, 15) is 8.78 Å². The molecule has 0 saturated heterocycles. The normalized spacial score (nSPS) is 15.9. The second-order valence-electron chi connectivity index (χ2n) is 3.14. The van der Waals surface area contributed by atoms with E-state index in [4.69, 9.17) is 0 Å². The predicted molar refractivity (Wildman–Crippen MR) is 39.2 cm³/mol. The van der Waals surface area contributed by atoms with E-state index in [-0.39, 0.29) is 0 Å². The summed E-state index contributed by atoms with van der Waals surface area (Å²) in [5, 5.41) is 0. The Hall–Kier alpha value is -0.140. The van der Waals surface area contributed by atoms with Gasteiger partial charge in [0.2, 0.25) is 0 Å². The molecular weight excluding hydrogens is 134 g/mol. The average molecular weight is 150 g/mol. The molecule has 0 aliphatic heterocycles. The van der Waals surface area contributed by atoms with Crippen molar-refractivity contribution in [1.82, 2.24) is 0 Å². The van der Waals surface area contributed by atoms with Crippen LogP contribution in [0.5, 0.6) is 0 Å². The van der Waals surface area contributed by atoms with Gasteiger partial charge in [-0.2, -0.15) is 0 Å². The highest BCUT2D eigenvalue weighted by atomic mass is 19.3. The van der Waals surface area contributed by atoms with E-state index >= 15 is 0 Å². The Morgan fingerprint density at radius 3 is 1.70 bits per heavy atom. The molecule has 0 aromatic carbocycles. The van der Waals surface area contributed by atoms with Crippen molar-refractivity contribution in [3.63, 3.8) is 0 Å². The van der Waals surface area contributed by atoms with Gasteiger partial charge in [-0.3, -0.25) is 0 Å². The molecule has 1 atom stereocenters. The molecule has 0 bridgehead atoms. The minimum Gasteiger partial charge on any atom is -0.206 e. The van der Waals surface area contributed by atoms with Crippen LogP contribution in [0.15, 0.2) is 0 Å². The Kier molecular flexibility index (Phi) is 3.26. The molecule has 0 radical (unpaired) electrons. The van der Waals surface area contributed by atoms with E-state index in [1.54, 1.807) is 27.7 Å². The molecule has 0 fully saturated rings. The summed E-state index contributed by atoms with van der Waals surface area (Å²) in [6, 6.07) is 0. The largest absolute Gasteiger partial charge is 0.252 e. The molecule has 10 heavy (non-hydrogen) atoms. The minimum atomic E-state index is -2.49. The summed E-state index contributed by atoms with van der Waals surface area (Å²) in [6.45, 7) is 6.51. The van der Waals surface area contributed by atoms with Gasteiger partial charge in [-0.1, -0.05) is 27.7 Å². The van der Waals surface area contributed by atoms with E-state index in [0.717, 1.165) is 0 Å². The zero-order valence-corrected chi connectivity index (χ0v) is 7.12. The monoisotopic (exact) mass is 150 g/mol. The molecule has 0 N–H and O–H groups in total. The Morgan fingerprint density at radius 2 is 1.60 bits per heavy atom. The first-order chi connectivity index (χ1) is 4.42. The number of hydrogen-bond donors (Lipinski definition) is 0. The van der Waals surface area contributed by atoms with Crippen LogP contribution < -0.4 is 0 Å². The maximum absolute atomic E-state index is 12.9. The fraction of sp³-hybridized carbons (Fsp3) is 1.00. The molecule has 0 aliphatic carbocycles. The fourth-order valence-electron chi connectivity index (χ4n) is 0.841. The van der Waals surface area contributed by atoms with Gasteiger partial charge in [0.15, 0.2) is 0 Å². The lowest BCUT2D eigenvalue weighted by molar-refractivity contribution is -0.0926. The van der Waals surface area contributed by atoms with Crippen molar-refractivity contribution in [3.05, 3.63) is 0 Å². The third-order valence-corrected chi connectivity index (χ3v) is 2.04. The lowest BCUT2D eigenvalue weighted by Gasteiger charge is -2.25. The summed E-state index contributed by atoms with van der Waals surface area (Å²) >= 11 is 0. The van der Waals surface area contributed by atoms with Gasteiger partial charge < -0.3 is 0 Å². The second kappa shape index (κ2) is 3.31. The smallest absolute Gasteiger partial charge is 0.206 e. The Balaban J connectivity index is 4.09. The SMILES string of the molecule is CCC(C)C(F)(F)C(C)C. The lowest BCUT2D eigenvalue weighted by atomic mass is 9.92. The number of rotatable bonds is 3. The highest BCUT2D eigenvalue weighted by molar-refractivity contribution is 4.75. The molecule has 62 valence electrons. The van der Waals surface area contributed by atoms with Crippen LogP contribution in [0.4, 0.5) is 8.78 Å². The van der Waals surface area contributed by atoms with Crippen LogP contribution in [0.3, 0.4) is 0 Å². The quantitative estimate of drug-likeness (QED) is 0.579. The average Bonchev–Trinajstić information content (AvgIpc) is 1.86. The van der Waals surface area contributed by atoms with Crippen molar-refractivity contribution in [2.24, 2.45) is 11.8 Å². The third-order valence-electron chi connectivity index (χ3n) is 2.04. The van der Waals surface area contributed by atoms with E-state index in [2.05, 4.69) is 0 Å². The van der Waals surface area contributed by atoms with Gasteiger partial charge in [0.1, 0.15) is 0 Å². The predicted octanol–water partition coefficient (Wildman–Crippen LogP) is 3.32. The van der Waals surface area contributed by atoms with Gasteiger partial charge in [-0.25, -0.2) is 8.78 Å². The van der Waals surface area contributed by atoms with Crippen LogP contribution in [0.2, 0.25) is 0 Å². The summed E-state index contributed by atoms with van der Waals surface area (Å²) in [6.07, 6.45) is 0.547. The summed E-state index contributed by atoms with van der Waals surface area (Å²) in [4.78, 5) is 0. The fourth-order valence-corrected chi connectivity index (χ4v) is 0.841. The van der Waals surface area contributed by atoms with E-state index in [0.29, 0.717) is 6.42 Å². The number of hydrogen-bond acceptors (Lipinski definition) is 0. The van der Waals surface area contributed by atoms with Gasteiger partial charge in [0.25, 0.3) is 5.92 Å². The molecule has 0 heterocycles. The maximum atomic E-state index is 12.9. The first-order valence-corrected chi connectivity index (χ1v) is 3.80. The van der Waals surface area contributed by atoms with Crippen molar-refractivity contribution in [3.8, 4) is 0 Å². The Morgan fingerprint density at radius 1 is 1.20 bits per heavy atom. The highest BCUT2D eigenvalue weighted by Gasteiger charge is 2.38. The summed E-state index contributed by atoms with van der Waals surface area (Å²) < 4.78 is 25.9. The number of halogens is 2. The minimum absolute atomic E-state index is 0.493. The first-order valence-electron chi connectivity index (χ1n) is 3.80. The van der Waals surface area contributed by atoms with Crippen molar-refractivity contribution < 1.29 is 8.78 Å². The molecular formula is C8H16F2. The van der Waals surface area contributed by atoms with Crippen molar-refractivity contribution >= 4 is 0 Å². The summed E-state index contributed by atoms with van der Waals surface area (Å²) in [5.74, 6) is -3.52. The number of alkyl halides is 2. The highest BCUT2D eigenvalue weighted by Crippen LogP contribution is 2.33. The zero-order valence-electron chi connectivity index (χ0n) is 7.12. The molecule has 2 heteroatoms. The molecule has 0 rings (SSSR count). The van der Waals surface area contributed by atoms with Crippen LogP contribution in [0.1, 0.15) is 34.1 Å². The first kappa shape index (κ1) is 9.86. The molecule has 0 spiro atoms. The van der Waals surface area contributed by atoms with Crippen LogP contribution in [-0.4, -0.2) is 5.92 Å². The van der Waals surface area contributed by atoms with Crippen LogP contribution in [0.25, 0.3) is 0 Å². The zero-order chi connectivity index (χ0) is 8.36. The van der Waals surface area contributed by atoms with Crippen LogP contribution in [-0.2, 0) is 0 Å². The standard InChI is InChI=1S/C8H16F2/c1-5-7(4)8(9,10)6(2)3/h6-7H,5H2,1-4H3. The topological polar surface area (TPSA) is 0 Å². The molecule has 0 aliphatic rings. The molecule has 0 saturated carbocycles. The van der Waals surface area contributed by atoms with Crippen molar-refractivity contribution in [2.45, 2.75) is 40.0 Å². The third kappa shape index (κ3) is 1.93. The van der Waals surface area contributed by atoms with Crippen molar-refractivity contribution in [1.29, 1.82) is 0 Å². The lowest BCUT2D eigenvalue weighted by Crippen LogP contribution is -2.31. The molecule has 0 aromatic rings. The molecule has 0 aromatic heterocycles. The van der Waals surface area contributed by atoms with Gasteiger partial charge in [0.05, 0.1) is 0 Å². The van der Waals surface area contributed by atoms with Gasteiger partial charge in [-0.05, 0) is 6.42 Å². The molecule has 1 unspecified atom stereocenters. The van der Waals surface area contributed by atoms with Crippen LogP contribution >= 0.6 is 0 Å². The molecule has 0 nitrogen and oxygen atoms in total. The molecule has 0 amide bonds. The van der Waals surface area contributed by atoms with Crippen molar-refractivity contribution in [2.75, 3.05) is 0 Å².